The van der Waals surface area contributed by atoms with Gasteiger partial charge in [-0.2, -0.15) is 0 Å². The van der Waals surface area contributed by atoms with E-state index in [4.69, 9.17) is 4.74 Å². The van der Waals surface area contributed by atoms with E-state index >= 15 is 0 Å². The molecule has 11 heteroatoms. The number of nitrogens with zero attached hydrogens (tertiary/aromatic N) is 5. The Hall–Kier alpha value is -4.38. The number of anilines is 1. The third kappa shape index (κ3) is 6.51. The minimum absolute atomic E-state index is 0.0905. The highest BCUT2D eigenvalue weighted by molar-refractivity contribution is 5.66. The Morgan fingerprint density at radius 1 is 0.907 bits per heavy atom. The van der Waals surface area contributed by atoms with E-state index in [2.05, 4.69) is 36.9 Å². The zero-order valence-electron chi connectivity index (χ0n) is 23.7. The first-order chi connectivity index (χ1) is 20.7. The van der Waals surface area contributed by atoms with Crippen molar-refractivity contribution in [2.24, 2.45) is 13.0 Å². The number of ether oxygens (including phenoxy) is 2. The molecule has 0 spiro atoms. The van der Waals surface area contributed by atoms with E-state index in [1.807, 2.05) is 48.5 Å². The normalized spacial score (nSPS) is 18.8. The minimum atomic E-state index is -4.87. The van der Waals surface area contributed by atoms with Crippen LogP contribution in [-0.2, 0) is 20.2 Å². The molecule has 0 saturated carbocycles. The maximum atomic E-state index is 13.7. The molecule has 0 bridgehead atoms. The molecule has 3 heterocycles. The lowest BCUT2D eigenvalue weighted by molar-refractivity contribution is -0.274. The lowest BCUT2D eigenvalue weighted by atomic mass is 9.92. The number of hydrogen-bond donors (Lipinski definition) is 0. The first kappa shape index (κ1) is 28.7. The molecule has 0 N–H and O–H groups in total. The molecule has 2 aliphatic rings. The Morgan fingerprint density at radius 2 is 1.60 bits per heavy atom. The lowest BCUT2D eigenvalue weighted by Gasteiger charge is -2.38. The summed E-state index contributed by atoms with van der Waals surface area (Å²) in [4.78, 5) is 18.2. The predicted octanol–water partition coefficient (Wildman–Crippen LogP) is 5.42. The SMILES string of the molecule is Cn1c(-c2ccc(OC(F)(F)F)cc2OCc2ccccc2)nnc(N2CCC3CCN(Cc4ccccc4)CC32)c1=O. The Labute approximate surface area is 247 Å². The average molecular weight is 592 g/mol. The van der Waals surface area contributed by atoms with Crippen LogP contribution in [0.2, 0.25) is 0 Å². The number of fused-ring (bicyclic) bond motifs is 1. The molecular weight excluding hydrogens is 559 g/mol. The van der Waals surface area contributed by atoms with E-state index < -0.39 is 12.1 Å². The van der Waals surface area contributed by atoms with Crippen LogP contribution in [0.25, 0.3) is 11.4 Å². The summed E-state index contributed by atoms with van der Waals surface area (Å²) in [5, 5.41) is 8.81. The van der Waals surface area contributed by atoms with Crippen molar-refractivity contribution in [3.05, 3.63) is 100 Å². The molecule has 2 aliphatic heterocycles. The fourth-order valence-electron chi connectivity index (χ4n) is 6.06. The molecule has 2 fully saturated rings. The van der Waals surface area contributed by atoms with Crippen LogP contribution in [0.4, 0.5) is 19.0 Å². The molecule has 1 aromatic heterocycles. The van der Waals surface area contributed by atoms with Gasteiger partial charge >= 0.3 is 6.36 Å². The molecule has 6 rings (SSSR count). The molecule has 0 aliphatic carbocycles. The second kappa shape index (κ2) is 12.1. The standard InChI is InChI=1S/C32H32F3N5O3/c1-38-29(26-13-12-25(43-32(33,34)35)18-28(26)42-21-23-10-6-3-7-11-23)36-37-30(31(38)41)40-17-15-24-14-16-39(20-27(24)40)19-22-8-4-2-5-9-22/h2-13,18,24,27H,14-17,19-21H2,1H3. The smallest absolute Gasteiger partial charge is 0.488 e. The molecule has 4 aromatic rings. The van der Waals surface area contributed by atoms with Crippen molar-refractivity contribution in [3.63, 3.8) is 0 Å². The second-order valence-electron chi connectivity index (χ2n) is 11.0. The topological polar surface area (TPSA) is 72.7 Å². The summed E-state index contributed by atoms with van der Waals surface area (Å²) in [5.41, 5.74) is 2.08. The van der Waals surface area contributed by atoms with Gasteiger partial charge in [0.1, 0.15) is 18.1 Å². The van der Waals surface area contributed by atoms with Crippen LogP contribution >= 0.6 is 0 Å². The molecule has 8 nitrogen and oxygen atoms in total. The molecule has 0 amide bonds. The molecule has 2 atom stereocenters. The van der Waals surface area contributed by atoms with E-state index in [1.54, 1.807) is 7.05 Å². The average Bonchev–Trinajstić information content (AvgIpc) is 3.41. The number of rotatable bonds is 8. The molecule has 0 radical (unpaired) electrons. The van der Waals surface area contributed by atoms with Crippen LogP contribution in [0.3, 0.4) is 0 Å². The summed E-state index contributed by atoms with van der Waals surface area (Å²) in [7, 11) is 1.59. The highest BCUT2D eigenvalue weighted by Gasteiger charge is 2.40. The van der Waals surface area contributed by atoms with Gasteiger partial charge in [-0.25, -0.2) is 0 Å². The number of alkyl halides is 3. The third-order valence-corrected chi connectivity index (χ3v) is 8.19. The number of hydrogen-bond acceptors (Lipinski definition) is 7. The summed E-state index contributed by atoms with van der Waals surface area (Å²) in [6.07, 6.45) is -2.83. The van der Waals surface area contributed by atoms with Crippen molar-refractivity contribution >= 4 is 5.82 Å². The molecule has 2 unspecified atom stereocenters. The summed E-state index contributed by atoms with van der Waals surface area (Å²) in [6, 6.07) is 23.4. The number of likely N-dealkylation sites (tertiary alicyclic amines) is 1. The molecule has 43 heavy (non-hydrogen) atoms. The molecular formula is C32H32F3N5O3. The van der Waals surface area contributed by atoms with Gasteiger partial charge in [0.25, 0.3) is 5.56 Å². The monoisotopic (exact) mass is 591 g/mol. The van der Waals surface area contributed by atoms with Gasteiger partial charge in [0, 0.05) is 38.8 Å². The van der Waals surface area contributed by atoms with Gasteiger partial charge in [-0.3, -0.25) is 14.3 Å². The summed E-state index contributed by atoms with van der Waals surface area (Å²) < 4.78 is 50.4. The van der Waals surface area contributed by atoms with Gasteiger partial charge in [0.2, 0.25) is 5.82 Å². The zero-order chi connectivity index (χ0) is 30.0. The van der Waals surface area contributed by atoms with Crippen LogP contribution in [0, 0.1) is 5.92 Å². The Kier molecular flexibility index (Phi) is 8.07. The van der Waals surface area contributed by atoms with Crippen molar-refractivity contribution in [2.45, 2.75) is 38.4 Å². The van der Waals surface area contributed by atoms with Crippen molar-refractivity contribution in [1.82, 2.24) is 19.7 Å². The number of piperidine rings is 1. The first-order valence-corrected chi connectivity index (χ1v) is 14.3. The fourth-order valence-corrected chi connectivity index (χ4v) is 6.06. The van der Waals surface area contributed by atoms with Gasteiger partial charge in [-0.05, 0) is 48.6 Å². The van der Waals surface area contributed by atoms with E-state index in [1.165, 1.54) is 22.3 Å². The highest BCUT2D eigenvalue weighted by Crippen LogP contribution is 2.36. The van der Waals surface area contributed by atoms with Crippen molar-refractivity contribution in [1.29, 1.82) is 0 Å². The first-order valence-electron chi connectivity index (χ1n) is 14.3. The van der Waals surface area contributed by atoms with Crippen molar-refractivity contribution < 1.29 is 22.6 Å². The van der Waals surface area contributed by atoms with Crippen molar-refractivity contribution in [2.75, 3.05) is 24.5 Å². The Bertz CT molecular complexity index is 1610. The van der Waals surface area contributed by atoms with Gasteiger partial charge in [0.05, 0.1) is 5.56 Å². The zero-order valence-corrected chi connectivity index (χ0v) is 23.7. The van der Waals surface area contributed by atoms with Crippen LogP contribution in [-0.4, -0.2) is 51.7 Å². The summed E-state index contributed by atoms with van der Waals surface area (Å²) in [6.45, 7) is 3.49. The molecule has 3 aromatic carbocycles. The van der Waals surface area contributed by atoms with E-state index in [9.17, 15) is 18.0 Å². The van der Waals surface area contributed by atoms with Gasteiger partial charge in [-0.15, -0.1) is 23.4 Å². The largest absolute Gasteiger partial charge is 0.573 e. The Morgan fingerprint density at radius 3 is 2.33 bits per heavy atom. The van der Waals surface area contributed by atoms with Gasteiger partial charge in [-0.1, -0.05) is 60.7 Å². The van der Waals surface area contributed by atoms with Crippen LogP contribution in [0.15, 0.2) is 83.7 Å². The third-order valence-electron chi connectivity index (χ3n) is 8.19. The van der Waals surface area contributed by atoms with E-state index in [0.717, 1.165) is 44.1 Å². The number of benzene rings is 3. The van der Waals surface area contributed by atoms with E-state index in [0.29, 0.717) is 18.0 Å². The highest BCUT2D eigenvalue weighted by atomic mass is 19.4. The summed E-state index contributed by atoms with van der Waals surface area (Å²) >= 11 is 0. The van der Waals surface area contributed by atoms with Crippen LogP contribution < -0.4 is 19.9 Å². The van der Waals surface area contributed by atoms with Crippen molar-refractivity contribution in [3.8, 4) is 22.9 Å². The predicted molar refractivity (Wildman–Crippen MR) is 156 cm³/mol. The van der Waals surface area contributed by atoms with Gasteiger partial charge < -0.3 is 14.4 Å². The fraction of sp³-hybridized carbons (Fsp3) is 0.344. The van der Waals surface area contributed by atoms with Crippen LogP contribution in [0.5, 0.6) is 11.5 Å². The maximum absolute atomic E-state index is 13.7. The molecule has 224 valence electrons. The summed E-state index contributed by atoms with van der Waals surface area (Å²) in [5.74, 6) is 0.587. The van der Waals surface area contributed by atoms with Gasteiger partial charge in [0.15, 0.2) is 5.82 Å². The van der Waals surface area contributed by atoms with E-state index in [-0.39, 0.29) is 35.6 Å². The quantitative estimate of drug-likeness (QED) is 0.271. The maximum Gasteiger partial charge on any atom is 0.573 e. The molecule has 2 saturated heterocycles. The van der Waals surface area contributed by atoms with Crippen LogP contribution in [0.1, 0.15) is 24.0 Å². The number of aromatic nitrogens is 3. The minimum Gasteiger partial charge on any atom is -0.488 e. The second-order valence-corrected chi connectivity index (χ2v) is 11.0. The number of halogens is 3. The lowest BCUT2D eigenvalue weighted by Crippen LogP contribution is -2.49. The Balaban J connectivity index is 1.27.